The molecule has 0 saturated heterocycles. The highest BCUT2D eigenvalue weighted by atomic mass is 16.6. The Bertz CT molecular complexity index is 274. The van der Waals surface area contributed by atoms with Crippen LogP contribution in [0.1, 0.15) is 45.4 Å². The molecule has 4 nitrogen and oxygen atoms in total. The predicted octanol–water partition coefficient (Wildman–Crippen LogP) is 2.36. The molecule has 2 aliphatic rings. The molecule has 2 rings (SSSR count). The number of hydrogen-bond acceptors (Lipinski definition) is 4. The summed E-state index contributed by atoms with van der Waals surface area (Å²) in [5.41, 5.74) is 0. The average Bonchev–Trinajstić information content (AvgIpc) is 2.47. The highest BCUT2D eigenvalue weighted by Gasteiger charge is 2.43. The van der Waals surface area contributed by atoms with Gasteiger partial charge in [-0.2, -0.15) is 0 Å². The van der Waals surface area contributed by atoms with Crippen LogP contribution in [0.3, 0.4) is 0 Å². The Morgan fingerprint density at radius 2 is 2.00 bits per heavy atom. The van der Waals surface area contributed by atoms with E-state index in [1.54, 1.807) is 7.11 Å². The fourth-order valence-electron chi connectivity index (χ4n) is 3.47. The predicted molar refractivity (Wildman–Crippen MR) is 80.0 cm³/mol. The molecule has 0 aromatic rings. The lowest BCUT2D eigenvalue weighted by atomic mass is 9.83. The zero-order chi connectivity index (χ0) is 14.4. The maximum absolute atomic E-state index is 6.33. The van der Waals surface area contributed by atoms with E-state index < -0.39 is 0 Å². The minimum Gasteiger partial charge on any atom is -0.382 e. The summed E-state index contributed by atoms with van der Waals surface area (Å²) in [6.07, 6.45) is 8.43. The van der Waals surface area contributed by atoms with Crippen LogP contribution >= 0.6 is 0 Å². The normalized spacial score (nSPS) is 37.6. The van der Waals surface area contributed by atoms with Crippen molar-refractivity contribution in [1.29, 1.82) is 0 Å². The van der Waals surface area contributed by atoms with Crippen LogP contribution in [-0.2, 0) is 14.2 Å². The molecule has 0 heterocycles. The van der Waals surface area contributed by atoms with E-state index in [9.17, 15) is 0 Å². The first kappa shape index (κ1) is 16.2. The van der Waals surface area contributed by atoms with E-state index in [0.717, 1.165) is 12.3 Å². The molecule has 0 bridgehead atoms. The average molecular weight is 285 g/mol. The Kier molecular flexibility index (Phi) is 6.75. The van der Waals surface area contributed by atoms with Crippen LogP contribution in [0.5, 0.6) is 0 Å². The van der Waals surface area contributed by atoms with E-state index in [2.05, 4.69) is 12.2 Å². The van der Waals surface area contributed by atoms with Gasteiger partial charge in [0, 0.05) is 13.2 Å². The van der Waals surface area contributed by atoms with Crippen LogP contribution in [0.4, 0.5) is 0 Å². The van der Waals surface area contributed by atoms with Crippen molar-refractivity contribution in [3.8, 4) is 0 Å². The van der Waals surface area contributed by atoms with Gasteiger partial charge in [-0.05, 0) is 32.2 Å². The third kappa shape index (κ3) is 4.17. The van der Waals surface area contributed by atoms with Crippen LogP contribution in [0.25, 0.3) is 0 Å². The summed E-state index contributed by atoms with van der Waals surface area (Å²) in [6.45, 7) is 3.60. The summed E-state index contributed by atoms with van der Waals surface area (Å²) in [5.74, 6) is 0.863. The second kappa shape index (κ2) is 8.32. The molecule has 118 valence electrons. The van der Waals surface area contributed by atoms with Crippen LogP contribution < -0.4 is 5.32 Å². The lowest BCUT2D eigenvalue weighted by Gasteiger charge is -2.46. The van der Waals surface area contributed by atoms with Crippen molar-refractivity contribution < 1.29 is 14.2 Å². The Morgan fingerprint density at radius 1 is 1.15 bits per heavy atom. The molecular formula is C16H31NO3. The number of hydrogen-bond donors (Lipinski definition) is 1. The Balaban J connectivity index is 1.76. The highest BCUT2D eigenvalue weighted by Crippen LogP contribution is 2.34. The number of methoxy groups -OCH3 is 1. The number of rotatable bonds is 8. The van der Waals surface area contributed by atoms with Gasteiger partial charge in [0.2, 0.25) is 0 Å². The van der Waals surface area contributed by atoms with Gasteiger partial charge >= 0.3 is 0 Å². The van der Waals surface area contributed by atoms with Gasteiger partial charge in [0.1, 0.15) is 0 Å². The first-order valence-corrected chi connectivity index (χ1v) is 8.21. The SMILES string of the molecule is CCC1CCCC(OC2CC(NC)C2OCCOC)C1. The minimum absolute atomic E-state index is 0.192. The Labute approximate surface area is 123 Å². The summed E-state index contributed by atoms with van der Waals surface area (Å²) >= 11 is 0. The standard InChI is InChI=1S/C16H31NO3/c1-4-12-6-5-7-13(10-12)20-15-11-14(17-2)16(15)19-9-8-18-3/h12-17H,4-11H2,1-3H3. The molecule has 0 aliphatic heterocycles. The van der Waals surface area contributed by atoms with Crippen molar-refractivity contribution in [2.24, 2.45) is 5.92 Å². The molecule has 4 heteroatoms. The molecule has 0 amide bonds. The monoisotopic (exact) mass is 285 g/mol. The van der Waals surface area contributed by atoms with Crippen LogP contribution in [0.2, 0.25) is 0 Å². The molecule has 5 atom stereocenters. The molecule has 2 fully saturated rings. The van der Waals surface area contributed by atoms with Gasteiger partial charge in [0.25, 0.3) is 0 Å². The summed E-state index contributed by atoms with van der Waals surface area (Å²) in [5, 5.41) is 3.32. The number of ether oxygens (including phenoxy) is 3. The van der Waals surface area contributed by atoms with Crippen LogP contribution in [0.15, 0.2) is 0 Å². The van der Waals surface area contributed by atoms with Gasteiger partial charge in [-0.15, -0.1) is 0 Å². The van der Waals surface area contributed by atoms with E-state index in [1.165, 1.54) is 32.1 Å². The van der Waals surface area contributed by atoms with Crippen molar-refractivity contribution in [2.45, 2.75) is 69.8 Å². The summed E-state index contributed by atoms with van der Waals surface area (Å²) < 4.78 is 17.3. The van der Waals surface area contributed by atoms with Crippen LogP contribution in [0, 0.1) is 5.92 Å². The second-order valence-electron chi connectivity index (χ2n) is 6.20. The van der Waals surface area contributed by atoms with Gasteiger partial charge in [-0.25, -0.2) is 0 Å². The first-order chi connectivity index (χ1) is 9.78. The molecular weight excluding hydrogens is 254 g/mol. The molecule has 0 aromatic heterocycles. The Hall–Kier alpha value is -0.160. The minimum atomic E-state index is 0.192. The third-order valence-electron chi connectivity index (χ3n) is 4.90. The van der Waals surface area contributed by atoms with Gasteiger partial charge < -0.3 is 19.5 Å². The van der Waals surface area contributed by atoms with Crippen LogP contribution in [-0.4, -0.2) is 51.7 Å². The number of likely N-dealkylation sites (N-methyl/N-ethyl adjacent to an activating group) is 1. The second-order valence-corrected chi connectivity index (χ2v) is 6.20. The molecule has 0 aromatic carbocycles. The quantitative estimate of drug-likeness (QED) is 0.695. The molecule has 1 N–H and O–H groups in total. The van der Waals surface area contributed by atoms with Gasteiger partial charge in [0.15, 0.2) is 0 Å². The van der Waals surface area contributed by atoms with Crippen molar-refractivity contribution in [3.05, 3.63) is 0 Å². The molecule has 2 aliphatic carbocycles. The zero-order valence-corrected chi connectivity index (χ0v) is 13.3. The van der Waals surface area contributed by atoms with Crippen molar-refractivity contribution in [1.82, 2.24) is 5.32 Å². The van der Waals surface area contributed by atoms with Gasteiger partial charge in [0.05, 0.1) is 31.5 Å². The Morgan fingerprint density at radius 3 is 2.70 bits per heavy atom. The van der Waals surface area contributed by atoms with Crippen molar-refractivity contribution in [2.75, 3.05) is 27.4 Å². The van der Waals surface area contributed by atoms with E-state index in [-0.39, 0.29) is 12.2 Å². The summed E-state index contributed by atoms with van der Waals surface area (Å²) in [4.78, 5) is 0. The lowest BCUT2D eigenvalue weighted by molar-refractivity contribution is -0.177. The van der Waals surface area contributed by atoms with E-state index in [4.69, 9.17) is 14.2 Å². The number of nitrogens with one attached hydrogen (secondary N) is 1. The highest BCUT2D eigenvalue weighted by molar-refractivity contribution is 4.97. The molecule has 0 spiro atoms. The van der Waals surface area contributed by atoms with Gasteiger partial charge in [-0.1, -0.05) is 26.2 Å². The van der Waals surface area contributed by atoms with Crippen molar-refractivity contribution in [3.63, 3.8) is 0 Å². The molecule has 5 unspecified atom stereocenters. The first-order valence-electron chi connectivity index (χ1n) is 8.21. The largest absolute Gasteiger partial charge is 0.382 e. The third-order valence-corrected chi connectivity index (χ3v) is 4.90. The van der Waals surface area contributed by atoms with Crippen molar-refractivity contribution >= 4 is 0 Å². The van der Waals surface area contributed by atoms with E-state index in [0.29, 0.717) is 25.4 Å². The zero-order valence-electron chi connectivity index (χ0n) is 13.3. The molecule has 20 heavy (non-hydrogen) atoms. The molecule has 2 saturated carbocycles. The summed E-state index contributed by atoms with van der Waals surface area (Å²) in [7, 11) is 3.71. The topological polar surface area (TPSA) is 39.7 Å². The fourth-order valence-corrected chi connectivity index (χ4v) is 3.47. The smallest absolute Gasteiger partial charge is 0.0991 e. The van der Waals surface area contributed by atoms with E-state index in [1.807, 2.05) is 7.05 Å². The molecule has 0 radical (unpaired) electrons. The lowest BCUT2D eigenvalue weighted by Crippen LogP contribution is -2.60. The maximum Gasteiger partial charge on any atom is 0.0991 e. The van der Waals surface area contributed by atoms with E-state index >= 15 is 0 Å². The maximum atomic E-state index is 6.33. The fraction of sp³-hybridized carbons (Fsp3) is 1.00. The summed E-state index contributed by atoms with van der Waals surface area (Å²) in [6, 6.07) is 0.433. The van der Waals surface area contributed by atoms with Gasteiger partial charge in [-0.3, -0.25) is 0 Å².